The third kappa shape index (κ3) is 2.14. The number of likely N-dealkylation sites (tertiary alicyclic amines) is 1. The van der Waals surface area contributed by atoms with Crippen LogP contribution in [0.2, 0.25) is 0 Å². The average molecular weight is 221 g/mol. The SMILES string of the molecule is COc1cccc(CN2CCCC2C)c1O. The maximum Gasteiger partial charge on any atom is 0.162 e. The fraction of sp³-hybridized carbons (Fsp3) is 0.538. The van der Waals surface area contributed by atoms with Gasteiger partial charge in [-0.05, 0) is 32.4 Å². The van der Waals surface area contributed by atoms with Crippen molar-refractivity contribution < 1.29 is 9.84 Å². The summed E-state index contributed by atoms with van der Waals surface area (Å²) in [6, 6.07) is 6.29. The molecule has 0 aliphatic carbocycles. The molecular weight excluding hydrogens is 202 g/mol. The Labute approximate surface area is 96.6 Å². The summed E-state index contributed by atoms with van der Waals surface area (Å²) in [6.45, 7) is 4.17. The molecule has 1 unspecified atom stereocenters. The van der Waals surface area contributed by atoms with Crippen molar-refractivity contribution in [2.45, 2.75) is 32.4 Å². The summed E-state index contributed by atoms with van der Waals surface area (Å²) in [5.41, 5.74) is 0.952. The van der Waals surface area contributed by atoms with Crippen LogP contribution in [-0.4, -0.2) is 29.7 Å². The van der Waals surface area contributed by atoms with Crippen LogP contribution in [0.4, 0.5) is 0 Å². The van der Waals surface area contributed by atoms with Gasteiger partial charge >= 0.3 is 0 Å². The van der Waals surface area contributed by atoms with E-state index in [1.165, 1.54) is 12.8 Å². The number of para-hydroxylation sites is 1. The molecule has 0 saturated carbocycles. The van der Waals surface area contributed by atoms with Gasteiger partial charge in [-0.15, -0.1) is 0 Å². The van der Waals surface area contributed by atoms with Gasteiger partial charge in [0.2, 0.25) is 0 Å². The van der Waals surface area contributed by atoms with Gasteiger partial charge < -0.3 is 9.84 Å². The number of benzene rings is 1. The van der Waals surface area contributed by atoms with Crippen molar-refractivity contribution in [1.29, 1.82) is 0 Å². The van der Waals surface area contributed by atoms with Crippen molar-refractivity contribution in [2.75, 3.05) is 13.7 Å². The summed E-state index contributed by atoms with van der Waals surface area (Å²) in [5, 5.41) is 9.98. The Morgan fingerprint density at radius 3 is 2.94 bits per heavy atom. The minimum Gasteiger partial charge on any atom is -0.504 e. The lowest BCUT2D eigenvalue weighted by Crippen LogP contribution is -2.26. The maximum atomic E-state index is 9.98. The van der Waals surface area contributed by atoms with Crippen molar-refractivity contribution in [3.8, 4) is 11.5 Å². The summed E-state index contributed by atoms with van der Waals surface area (Å²) in [5.74, 6) is 0.841. The van der Waals surface area contributed by atoms with Gasteiger partial charge in [0.05, 0.1) is 7.11 Å². The highest BCUT2D eigenvalue weighted by molar-refractivity contribution is 5.45. The number of ether oxygens (including phenoxy) is 1. The molecule has 1 heterocycles. The molecule has 1 aromatic rings. The molecule has 88 valence electrons. The first-order valence-electron chi connectivity index (χ1n) is 5.81. The maximum absolute atomic E-state index is 9.98. The monoisotopic (exact) mass is 221 g/mol. The van der Waals surface area contributed by atoms with E-state index in [1.807, 2.05) is 12.1 Å². The van der Waals surface area contributed by atoms with Crippen molar-refractivity contribution in [3.05, 3.63) is 23.8 Å². The van der Waals surface area contributed by atoms with Crippen molar-refractivity contribution in [2.24, 2.45) is 0 Å². The predicted molar refractivity (Wildman–Crippen MR) is 63.8 cm³/mol. The first kappa shape index (κ1) is 11.3. The molecule has 1 saturated heterocycles. The quantitative estimate of drug-likeness (QED) is 0.850. The number of rotatable bonds is 3. The molecule has 1 N–H and O–H groups in total. The Hall–Kier alpha value is -1.22. The number of hydrogen-bond acceptors (Lipinski definition) is 3. The van der Waals surface area contributed by atoms with Crippen molar-refractivity contribution in [1.82, 2.24) is 4.90 Å². The highest BCUT2D eigenvalue weighted by atomic mass is 16.5. The van der Waals surface area contributed by atoms with Gasteiger partial charge in [-0.25, -0.2) is 0 Å². The van der Waals surface area contributed by atoms with E-state index < -0.39 is 0 Å². The normalized spacial score (nSPS) is 21.2. The molecule has 3 heteroatoms. The fourth-order valence-corrected chi connectivity index (χ4v) is 2.31. The molecule has 1 atom stereocenters. The highest BCUT2D eigenvalue weighted by Crippen LogP contribution is 2.31. The number of phenols is 1. The second kappa shape index (κ2) is 4.74. The molecule has 16 heavy (non-hydrogen) atoms. The van der Waals surface area contributed by atoms with Crippen molar-refractivity contribution in [3.63, 3.8) is 0 Å². The van der Waals surface area contributed by atoms with E-state index in [2.05, 4.69) is 11.8 Å². The van der Waals surface area contributed by atoms with E-state index in [-0.39, 0.29) is 5.75 Å². The van der Waals surface area contributed by atoms with E-state index in [0.29, 0.717) is 11.8 Å². The number of methoxy groups -OCH3 is 1. The van der Waals surface area contributed by atoms with Crippen LogP contribution in [0.3, 0.4) is 0 Å². The summed E-state index contributed by atoms with van der Waals surface area (Å²) in [7, 11) is 1.58. The Balaban J connectivity index is 2.14. The van der Waals surface area contributed by atoms with E-state index in [9.17, 15) is 5.11 Å². The van der Waals surface area contributed by atoms with Crippen LogP contribution < -0.4 is 4.74 Å². The molecule has 1 aliphatic rings. The van der Waals surface area contributed by atoms with Gasteiger partial charge in [0.1, 0.15) is 0 Å². The minimum absolute atomic E-state index is 0.282. The summed E-state index contributed by atoms with van der Waals surface area (Å²) >= 11 is 0. The van der Waals surface area contributed by atoms with Gasteiger partial charge in [-0.2, -0.15) is 0 Å². The third-order valence-electron chi connectivity index (χ3n) is 3.37. The second-order valence-electron chi connectivity index (χ2n) is 4.43. The fourth-order valence-electron chi connectivity index (χ4n) is 2.31. The molecule has 2 rings (SSSR count). The van der Waals surface area contributed by atoms with Gasteiger partial charge in [0.25, 0.3) is 0 Å². The largest absolute Gasteiger partial charge is 0.504 e. The zero-order valence-electron chi connectivity index (χ0n) is 9.94. The molecule has 0 spiro atoms. The van der Waals surface area contributed by atoms with Crippen LogP contribution in [0.15, 0.2) is 18.2 Å². The Bertz CT molecular complexity index is 365. The third-order valence-corrected chi connectivity index (χ3v) is 3.37. The van der Waals surface area contributed by atoms with Gasteiger partial charge in [-0.1, -0.05) is 12.1 Å². The van der Waals surface area contributed by atoms with Crippen molar-refractivity contribution >= 4 is 0 Å². The molecule has 1 aliphatic heterocycles. The van der Waals surface area contributed by atoms with Gasteiger partial charge in [-0.3, -0.25) is 4.90 Å². The lowest BCUT2D eigenvalue weighted by Gasteiger charge is -2.21. The van der Waals surface area contributed by atoms with E-state index in [0.717, 1.165) is 18.7 Å². The zero-order valence-corrected chi connectivity index (χ0v) is 9.94. The molecule has 0 bridgehead atoms. The predicted octanol–water partition coefficient (Wildman–Crippen LogP) is 2.39. The summed E-state index contributed by atoms with van der Waals surface area (Å²) in [6.07, 6.45) is 2.51. The zero-order chi connectivity index (χ0) is 11.5. The van der Waals surface area contributed by atoms with Crippen LogP contribution in [0.25, 0.3) is 0 Å². The van der Waals surface area contributed by atoms with Gasteiger partial charge in [0, 0.05) is 18.2 Å². The van der Waals surface area contributed by atoms with Crippen LogP contribution in [0.5, 0.6) is 11.5 Å². The number of aromatic hydroxyl groups is 1. The van der Waals surface area contributed by atoms with Gasteiger partial charge in [0.15, 0.2) is 11.5 Å². The molecular formula is C13H19NO2. The lowest BCUT2D eigenvalue weighted by molar-refractivity contribution is 0.255. The first-order chi connectivity index (χ1) is 7.72. The van der Waals surface area contributed by atoms with Crippen LogP contribution in [-0.2, 0) is 6.54 Å². The molecule has 1 fully saturated rings. The Kier molecular flexibility index (Phi) is 3.34. The number of nitrogens with zero attached hydrogens (tertiary/aromatic N) is 1. The lowest BCUT2D eigenvalue weighted by atomic mass is 10.1. The number of phenolic OH excluding ortho intramolecular Hbond substituents is 1. The smallest absolute Gasteiger partial charge is 0.162 e. The topological polar surface area (TPSA) is 32.7 Å². The van der Waals surface area contributed by atoms with Crippen LogP contribution in [0.1, 0.15) is 25.3 Å². The first-order valence-corrected chi connectivity index (χ1v) is 5.81. The van der Waals surface area contributed by atoms with Crippen LogP contribution >= 0.6 is 0 Å². The average Bonchev–Trinajstić information content (AvgIpc) is 2.68. The van der Waals surface area contributed by atoms with E-state index in [1.54, 1.807) is 13.2 Å². The van der Waals surface area contributed by atoms with Crippen LogP contribution in [0, 0.1) is 0 Å². The molecule has 0 aromatic heterocycles. The van der Waals surface area contributed by atoms with E-state index >= 15 is 0 Å². The molecule has 3 nitrogen and oxygen atoms in total. The second-order valence-corrected chi connectivity index (χ2v) is 4.43. The molecule has 0 radical (unpaired) electrons. The van der Waals surface area contributed by atoms with E-state index in [4.69, 9.17) is 4.74 Å². The Morgan fingerprint density at radius 1 is 1.50 bits per heavy atom. The molecule has 0 amide bonds. The number of hydrogen-bond donors (Lipinski definition) is 1. The highest BCUT2D eigenvalue weighted by Gasteiger charge is 2.21. The summed E-state index contributed by atoms with van der Waals surface area (Å²) in [4.78, 5) is 2.40. The Morgan fingerprint density at radius 2 is 2.31 bits per heavy atom. The summed E-state index contributed by atoms with van der Waals surface area (Å²) < 4.78 is 5.11. The molecule has 1 aromatic carbocycles. The standard InChI is InChI=1S/C13H19NO2/c1-10-5-4-8-14(10)9-11-6-3-7-12(16-2)13(11)15/h3,6-7,10,15H,4-5,8-9H2,1-2H3. The minimum atomic E-state index is 0.282.